The Labute approximate surface area is 86.1 Å². The van der Waals surface area contributed by atoms with Crippen LogP contribution in [0.2, 0.25) is 0 Å². The van der Waals surface area contributed by atoms with Gasteiger partial charge < -0.3 is 0 Å². The number of hydrogen-bond acceptors (Lipinski definition) is 1. The van der Waals surface area contributed by atoms with Gasteiger partial charge in [0.2, 0.25) is 0 Å². The van der Waals surface area contributed by atoms with Crippen LogP contribution < -0.4 is 0 Å². The zero-order valence-electron chi connectivity index (χ0n) is 6.38. The van der Waals surface area contributed by atoms with Gasteiger partial charge in [0, 0.05) is 11.5 Å². The third-order valence-electron chi connectivity index (χ3n) is 1.43. The van der Waals surface area contributed by atoms with E-state index >= 15 is 0 Å². The molecule has 11 heavy (non-hydrogen) atoms. The Balaban J connectivity index is 0.000001000. The van der Waals surface area contributed by atoms with Crippen molar-refractivity contribution in [3.8, 4) is 0 Å². The highest BCUT2D eigenvalue weighted by molar-refractivity contribution is 9.08. The molecule has 0 amide bonds. The van der Waals surface area contributed by atoms with Gasteiger partial charge in [0.1, 0.15) is 0 Å². The zero-order valence-corrected chi connectivity index (χ0v) is 9.68. The number of nitrogens with zero attached hydrogens (tertiary/aromatic N) is 1. The molecule has 0 unspecified atom stereocenters. The van der Waals surface area contributed by atoms with Gasteiger partial charge in [0.05, 0.1) is 5.69 Å². The maximum absolute atomic E-state index is 4.22. The first-order chi connectivity index (χ1) is 4.86. The molecule has 62 valence electrons. The molecule has 0 aliphatic heterocycles. The number of aryl methyl sites for hydroxylation is 1. The Bertz CT molecular complexity index is 173. The highest BCUT2D eigenvalue weighted by atomic mass is 79.9. The molecule has 1 heterocycles. The summed E-state index contributed by atoms with van der Waals surface area (Å²) >= 11 is 3.34. The SMILES string of the molecule is Br.CCc1ccc(CBr)nc1. The van der Waals surface area contributed by atoms with Crippen molar-refractivity contribution in [3.05, 3.63) is 29.6 Å². The van der Waals surface area contributed by atoms with E-state index in [-0.39, 0.29) is 17.0 Å². The summed E-state index contributed by atoms with van der Waals surface area (Å²) in [4.78, 5) is 4.22. The number of aromatic nitrogens is 1. The summed E-state index contributed by atoms with van der Waals surface area (Å²) in [6, 6.07) is 4.16. The molecule has 0 aromatic carbocycles. The van der Waals surface area contributed by atoms with E-state index in [0.29, 0.717) is 0 Å². The minimum atomic E-state index is 0. The fraction of sp³-hybridized carbons (Fsp3) is 0.375. The van der Waals surface area contributed by atoms with E-state index in [9.17, 15) is 0 Å². The summed E-state index contributed by atoms with van der Waals surface area (Å²) in [5, 5.41) is 0.844. The van der Waals surface area contributed by atoms with Gasteiger partial charge in [-0.1, -0.05) is 28.9 Å². The predicted molar refractivity (Wildman–Crippen MR) is 56.6 cm³/mol. The van der Waals surface area contributed by atoms with Gasteiger partial charge in [-0.3, -0.25) is 4.98 Å². The maximum atomic E-state index is 4.22. The quantitative estimate of drug-likeness (QED) is 0.759. The van der Waals surface area contributed by atoms with Crippen LogP contribution in [0.15, 0.2) is 18.3 Å². The molecule has 1 aromatic rings. The lowest BCUT2D eigenvalue weighted by atomic mass is 10.2. The molecule has 0 saturated carbocycles. The summed E-state index contributed by atoms with van der Waals surface area (Å²) in [5.41, 5.74) is 2.39. The van der Waals surface area contributed by atoms with Crippen molar-refractivity contribution in [1.29, 1.82) is 0 Å². The second-order valence-corrected chi connectivity index (χ2v) is 2.71. The second-order valence-electron chi connectivity index (χ2n) is 2.14. The van der Waals surface area contributed by atoms with Crippen LogP contribution in [0.25, 0.3) is 0 Å². The van der Waals surface area contributed by atoms with E-state index in [1.807, 2.05) is 12.3 Å². The largest absolute Gasteiger partial charge is 0.260 e. The highest BCUT2D eigenvalue weighted by Gasteiger charge is 1.90. The summed E-state index contributed by atoms with van der Waals surface area (Å²) in [6.07, 6.45) is 2.99. The first-order valence-corrected chi connectivity index (χ1v) is 4.48. The summed E-state index contributed by atoms with van der Waals surface area (Å²) in [7, 11) is 0. The van der Waals surface area contributed by atoms with Crippen LogP contribution in [0.3, 0.4) is 0 Å². The van der Waals surface area contributed by atoms with Crippen LogP contribution in [0.5, 0.6) is 0 Å². The number of pyridine rings is 1. The van der Waals surface area contributed by atoms with Crippen molar-refractivity contribution in [1.82, 2.24) is 4.98 Å². The maximum Gasteiger partial charge on any atom is 0.0509 e. The number of halogens is 2. The molecule has 1 nitrogen and oxygen atoms in total. The fourth-order valence-electron chi connectivity index (χ4n) is 0.743. The molecule has 0 fully saturated rings. The number of alkyl halides is 1. The van der Waals surface area contributed by atoms with Crippen molar-refractivity contribution in [2.24, 2.45) is 0 Å². The van der Waals surface area contributed by atoms with E-state index in [2.05, 4.69) is 33.9 Å². The van der Waals surface area contributed by atoms with Crippen LogP contribution in [-0.4, -0.2) is 4.98 Å². The molecular weight excluding hydrogens is 270 g/mol. The summed E-state index contributed by atoms with van der Waals surface area (Å²) in [5.74, 6) is 0. The third kappa shape index (κ3) is 3.34. The van der Waals surface area contributed by atoms with Crippen molar-refractivity contribution in [2.45, 2.75) is 18.7 Å². The third-order valence-corrected chi connectivity index (χ3v) is 2.01. The second kappa shape index (κ2) is 5.72. The molecular formula is C8H11Br2N. The average molecular weight is 281 g/mol. The molecule has 0 bridgehead atoms. The Hall–Kier alpha value is 0.110. The number of rotatable bonds is 2. The normalized spacial score (nSPS) is 8.91. The minimum Gasteiger partial charge on any atom is -0.260 e. The van der Waals surface area contributed by atoms with Crippen LogP contribution in [0.1, 0.15) is 18.2 Å². The van der Waals surface area contributed by atoms with Crippen LogP contribution in [-0.2, 0) is 11.8 Å². The molecule has 0 saturated heterocycles. The highest BCUT2D eigenvalue weighted by Crippen LogP contribution is 2.03. The van der Waals surface area contributed by atoms with Gasteiger partial charge in [0.25, 0.3) is 0 Å². The first-order valence-electron chi connectivity index (χ1n) is 3.36. The first kappa shape index (κ1) is 11.1. The van der Waals surface area contributed by atoms with Crippen molar-refractivity contribution in [2.75, 3.05) is 0 Å². The molecule has 0 aliphatic rings. The van der Waals surface area contributed by atoms with Gasteiger partial charge in [-0.2, -0.15) is 0 Å². The zero-order chi connectivity index (χ0) is 7.40. The Morgan fingerprint density at radius 1 is 1.45 bits per heavy atom. The van der Waals surface area contributed by atoms with E-state index in [1.165, 1.54) is 5.56 Å². The molecule has 1 rings (SSSR count). The van der Waals surface area contributed by atoms with E-state index in [0.717, 1.165) is 17.4 Å². The van der Waals surface area contributed by atoms with Gasteiger partial charge in [-0.15, -0.1) is 17.0 Å². The summed E-state index contributed by atoms with van der Waals surface area (Å²) < 4.78 is 0. The lowest BCUT2D eigenvalue weighted by Gasteiger charge is -1.95. The van der Waals surface area contributed by atoms with Gasteiger partial charge >= 0.3 is 0 Å². The Morgan fingerprint density at radius 3 is 2.55 bits per heavy atom. The number of hydrogen-bond donors (Lipinski definition) is 0. The van der Waals surface area contributed by atoms with E-state index in [1.54, 1.807) is 0 Å². The van der Waals surface area contributed by atoms with E-state index < -0.39 is 0 Å². The van der Waals surface area contributed by atoms with Crippen molar-refractivity contribution < 1.29 is 0 Å². The van der Waals surface area contributed by atoms with Crippen LogP contribution in [0, 0.1) is 0 Å². The van der Waals surface area contributed by atoms with E-state index in [4.69, 9.17) is 0 Å². The average Bonchev–Trinajstić information content (AvgIpc) is 2.05. The topological polar surface area (TPSA) is 12.9 Å². The molecule has 0 atom stereocenters. The van der Waals surface area contributed by atoms with Crippen molar-refractivity contribution in [3.63, 3.8) is 0 Å². The smallest absolute Gasteiger partial charge is 0.0509 e. The lowest BCUT2D eigenvalue weighted by molar-refractivity contribution is 1.07. The standard InChI is InChI=1S/C8H10BrN.BrH/c1-2-7-3-4-8(5-9)10-6-7;/h3-4,6H,2,5H2,1H3;1H. The molecule has 0 N–H and O–H groups in total. The van der Waals surface area contributed by atoms with Crippen LogP contribution >= 0.6 is 32.9 Å². The molecule has 1 aromatic heterocycles. The van der Waals surface area contributed by atoms with Crippen LogP contribution in [0.4, 0.5) is 0 Å². The Morgan fingerprint density at radius 2 is 2.18 bits per heavy atom. The molecule has 0 spiro atoms. The lowest BCUT2D eigenvalue weighted by Crippen LogP contribution is -1.86. The fourth-order valence-corrected chi connectivity index (χ4v) is 1.07. The predicted octanol–water partition coefficient (Wildman–Crippen LogP) is 3.12. The van der Waals surface area contributed by atoms with Crippen molar-refractivity contribution >= 4 is 32.9 Å². The van der Waals surface area contributed by atoms with Gasteiger partial charge in [-0.05, 0) is 18.1 Å². The van der Waals surface area contributed by atoms with Gasteiger partial charge in [0.15, 0.2) is 0 Å². The molecule has 0 radical (unpaired) electrons. The van der Waals surface area contributed by atoms with Gasteiger partial charge in [-0.25, -0.2) is 0 Å². The molecule has 0 aliphatic carbocycles. The Kier molecular flexibility index (Phi) is 5.78. The summed E-state index contributed by atoms with van der Waals surface area (Å²) in [6.45, 7) is 2.13. The minimum absolute atomic E-state index is 0. The molecule has 3 heteroatoms. The monoisotopic (exact) mass is 279 g/mol.